The van der Waals surface area contributed by atoms with Crippen molar-refractivity contribution >= 4 is 5.91 Å². The molecule has 1 amide bonds. The van der Waals surface area contributed by atoms with Crippen LogP contribution in [-0.4, -0.2) is 57.6 Å². The molecule has 2 fully saturated rings. The Bertz CT molecular complexity index is 764. The molecule has 6 heteroatoms. The summed E-state index contributed by atoms with van der Waals surface area (Å²) in [6, 6.07) is 9.40. The molecule has 1 aromatic carbocycles. The minimum atomic E-state index is -0.312. The van der Waals surface area contributed by atoms with Gasteiger partial charge < -0.3 is 14.7 Å². The summed E-state index contributed by atoms with van der Waals surface area (Å²) >= 11 is 0. The number of amides is 1. The van der Waals surface area contributed by atoms with Crippen LogP contribution in [0.4, 0.5) is 0 Å². The zero-order chi connectivity index (χ0) is 18.1. The van der Waals surface area contributed by atoms with E-state index in [9.17, 15) is 9.90 Å². The number of aliphatic hydroxyl groups excluding tert-OH is 1. The van der Waals surface area contributed by atoms with Gasteiger partial charge in [-0.15, -0.1) is 0 Å². The molecular weight excluding hydrogens is 330 g/mol. The third-order valence-corrected chi connectivity index (χ3v) is 5.98. The lowest BCUT2D eigenvalue weighted by Gasteiger charge is -2.56. The first kappa shape index (κ1) is 17.2. The second-order valence-electron chi connectivity index (χ2n) is 7.19. The van der Waals surface area contributed by atoms with E-state index in [0.717, 1.165) is 18.5 Å². The van der Waals surface area contributed by atoms with Crippen molar-refractivity contribution in [2.45, 2.75) is 38.4 Å². The van der Waals surface area contributed by atoms with Crippen LogP contribution in [0.25, 0.3) is 5.69 Å². The second-order valence-corrected chi connectivity index (χ2v) is 7.19. The molecule has 138 valence electrons. The fraction of sp³-hybridized carbons (Fsp3) is 0.500. The Kier molecular flexibility index (Phi) is 4.54. The van der Waals surface area contributed by atoms with Gasteiger partial charge in [-0.25, -0.2) is 4.68 Å². The monoisotopic (exact) mass is 355 g/mol. The molecule has 4 rings (SSSR count). The van der Waals surface area contributed by atoms with Crippen LogP contribution in [0.1, 0.15) is 36.5 Å². The van der Waals surface area contributed by atoms with Crippen molar-refractivity contribution in [2.75, 3.05) is 19.7 Å². The van der Waals surface area contributed by atoms with Gasteiger partial charge in [0.05, 0.1) is 23.5 Å². The number of hydrogen-bond donors (Lipinski definition) is 1. The van der Waals surface area contributed by atoms with E-state index in [4.69, 9.17) is 4.74 Å². The van der Waals surface area contributed by atoms with E-state index in [-0.39, 0.29) is 23.5 Å². The number of carbonyl (C=O) groups is 1. The Balaban J connectivity index is 1.50. The topological polar surface area (TPSA) is 67.6 Å². The molecule has 6 nitrogen and oxygen atoms in total. The Hall–Kier alpha value is -2.18. The average molecular weight is 355 g/mol. The second kappa shape index (κ2) is 6.85. The highest BCUT2D eigenvalue weighted by molar-refractivity contribution is 5.97. The molecule has 1 aromatic heterocycles. The number of para-hydroxylation sites is 1. The first-order chi connectivity index (χ1) is 12.7. The number of nitrogens with zero attached hydrogens (tertiary/aromatic N) is 3. The molecule has 1 saturated carbocycles. The van der Waals surface area contributed by atoms with Gasteiger partial charge in [0, 0.05) is 43.9 Å². The summed E-state index contributed by atoms with van der Waals surface area (Å²) in [7, 11) is 0. The summed E-state index contributed by atoms with van der Waals surface area (Å²) in [4.78, 5) is 15.0. The van der Waals surface area contributed by atoms with E-state index in [2.05, 4.69) is 5.10 Å². The first-order valence-corrected chi connectivity index (χ1v) is 9.33. The predicted octanol–water partition coefficient (Wildman–Crippen LogP) is 2.26. The zero-order valence-corrected chi connectivity index (χ0v) is 15.0. The van der Waals surface area contributed by atoms with Crippen molar-refractivity contribution in [1.29, 1.82) is 0 Å². The molecule has 1 N–H and O–H groups in total. The van der Waals surface area contributed by atoms with Crippen LogP contribution in [-0.2, 0) is 4.74 Å². The van der Waals surface area contributed by atoms with Crippen molar-refractivity contribution in [3.8, 4) is 5.69 Å². The van der Waals surface area contributed by atoms with E-state index in [1.165, 1.54) is 0 Å². The number of carbonyl (C=O) groups excluding carboxylic acids is 1. The van der Waals surface area contributed by atoms with Gasteiger partial charge in [0.25, 0.3) is 5.91 Å². The number of aromatic nitrogens is 2. The van der Waals surface area contributed by atoms with Crippen LogP contribution in [0.5, 0.6) is 0 Å². The van der Waals surface area contributed by atoms with Crippen molar-refractivity contribution in [3.63, 3.8) is 0 Å². The summed E-state index contributed by atoms with van der Waals surface area (Å²) in [5.74, 6) is 0.0210. The van der Waals surface area contributed by atoms with Gasteiger partial charge in [-0.05, 0) is 38.0 Å². The van der Waals surface area contributed by atoms with Gasteiger partial charge in [-0.3, -0.25) is 4.79 Å². The molecular formula is C20H25N3O3. The Morgan fingerprint density at radius 3 is 2.73 bits per heavy atom. The summed E-state index contributed by atoms with van der Waals surface area (Å²) < 4.78 is 7.54. The molecule has 1 aliphatic carbocycles. The summed E-state index contributed by atoms with van der Waals surface area (Å²) in [5.41, 5.74) is 1.27. The number of rotatable bonds is 4. The predicted molar refractivity (Wildman–Crippen MR) is 97.2 cm³/mol. The van der Waals surface area contributed by atoms with Crippen LogP contribution < -0.4 is 0 Å². The minimum Gasteiger partial charge on any atom is -0.392 e. The van der Waals surface area contributed by atoms with Crippen LogP contribution >= 0.6 is 0 Å². The molecule has 26 heavy (non-hydrogen) atoms. The highest BCUT2D eigenvalue weighted by Gasteiger charge is 2.56. The first-order valence-electron chi connectivity index (χ1n) is 9.33. The Morgan fingerprint density at radius 2 is 2.08 bits per heavy atom. The summed E-state index contributed by atoms with van der Waals surface area (Å²) in [5, 5.41) is 14.6. The van der Waals surface area contributed by atoms with Crippen LogP contribution in [0.3, 0.4) is 0 Å². The van der Waals surface area contributed by atoms with Gasteiger partial charge in [-0.2, -0.15) is 5.10 Å². The lowest BCUT2D eigenvalue weighted by Crippen LogP contribution is -2.62. The molecule has 2 heterocycles. The normalized spacial score (nSPS) is 24.5. The minimum absolute atomic E-state index is 0.0210. The van der Waals surface area contributed by atoms with Gasteiger partial charge >= 0.3 is 0 Å². The number of piperidine rings is 1. The van der Waals surface area contributed by atoms with Gasteiger partial charge in [0.2, 0.25) is 0 Å². The van der Waals surface area contributed by atoms with Crippen LogP contribution in [0, 0.1) is 5.41 Å². The summed E-state index contributed by atoms with van der Waals surface area (Å²) in [6.07, 6.45) is 5.64. The van der Waals surface area contributed by atoms with E-state index in [1.54, 1.807) is 10.9 Å². The van der Waals surface area contributed by atoms with Gasteiger partial charge in [0.15, 0.2) is 0 Å². The molecule has 0 bridgehead atoms. The maximum atomic E-state index is 13.1. The molecule has 0 radical (unpaired) electrons. The van der Waals surface area contributed by atoms with E-state index < -0.39 is 0 Å². The lowest BCUT2D eigenvalue weighted by atomic mass is 9.58. The fourth-order valence-corrected chi connectivity index (χ4v) is 4.38. The molecule has 1 aliphatic heterocycles. The zero-order valence-electron chi connectivity index (χ0n) is 15.0. The van der Waals surface area contributed by atoms with Crippen LogP contribution in [0.15, 0.2) is 42.7 Å². The summed E-state index contributed by atoms with van der Waals surface area (Å²) in [6.45, 7) is 3.95. The van der Waals surface area contributed by atoms with Gasteiger partial charge in [-0.1, -0.05) is 12.1 Å². The van der Waals surface area contributed by atoms with Crippen molar-refractivity contribution in [3.05, 3.63) is 48.3 Å². The molecule has 2 aliphatic rings. The van der Waals surface area contributed by atoms with Crippen molar-refractivity contribution in [2.24, 2.45) is 5.41 Å². The van der Waals surface area contributed by atoms with E-state index in [0.29, 0.717) is 31.7 Å². The maximum absolute atomic E-state index is 13.1. The largest absolute Gasteiger partial charge is 0.392 e. The van der Waals surface area contributed by atoms with Gasteiger partial charge in [0.1, 0.15) is 0 Å². The Labute approximate surface area is 153 Å². The Morgan fingerprint density at radius 1 is 1.31 bits per heavy atom. The maximum Gasteiger partial charge on any atom is 0.256 e. The van der Waals surface area contributed by atoms with E-state index in [1.807, 2.05) is 48.4 Å². The van der Waals surface area contributed by atoms with Crippen molar-refractivity contribution in [1.82, 2.24) is 14.7 Å². The molecule has 2 atom stereocenters. The highest BCUT2D eigenvalue weighted by Crippen LogP contribution is 2.51. The third-order valence-electron chi connectivity index (χ3n) is 5.98. The number of ether oxygens (including phenoxy) is 1. The third kappa shape index (κ3) is 2.73. The van der Waals surface area contributed by atoms with Crippen LogP contribution in [0.2, 0.25) is 0 Å². The number of likely N-dealkylation sites (tertiary alicyclic amines) is 1. The number of aliphatic hydroxyl groups is 1. The number of benzene rings is 1. The molecule has 2 unspecified atom stereocenters. The fourth-order valence-electron chi connectivity index (χ4n) is 4.38. The molecule has 1 saturated heterocycles. The molecule has 2 aromatic rings. The van der Waals surface area contributed by atoms with E-state index >= 15 is 0 Å². The average Bonchev–Trinajstić information content (AvgIpc) is 3.22. The SMILES string of the molecule is CCOC1CC(O)C12CCN(C(=O)c1ccccc1-n1cccn1)CC2. The quantitative estimate of drug-likeness (QED) is 0.914. The highest BCUT2D eigenvalue weighted by atomic mass is 16.5. The lowest BCUT2D eigenvalue weighted by molar-refractivity contribution is -0.207. The smallest absolute Gasteiger partial charge is 0.256 e. The number of hydrogen-bond acceptors (Lipinski definition) is 4. The van der Waals surface area contributed by atoms with Crippen molar-refractivity contribution < 1.29 is 14.6 Å². The molecule has 1 spiro atoms. The standard InChI is InChI=1S/C20H25N3O3/c1-2-26-18-14-17(24)20(18)8-12-22(13-9-20)19(25)15-6-3-4-7-16(15)23-11-5-10-21-23/h3-7,10-11,17-18,24H,2,8-9,12-14H2,1H3.